The lowest BCUT2D eigenvalue weighted by Crippen LogP contribution is -2.34. The first-order valence-electron chi connectivity index (χ1n) is 6.16. The summed E-state index contributed by atoms with van der Waals surface area (Å²) in [7, 11) is 0. The van der Waals surface area contributed by atoms with E-state index < -0.39 is 0 Å². The third-order valence-electron chi connectivity index (χ3n) is 2.61. The minimum absolute atomic E-state index is 0.103. The molecule has 2 aromatic rings. The molecule has 0 spiro atoms. The van der Waals surface area contributed by atoms with Crippen molar-refractivity contribution >= 4 is 28.6 Å². The molecule has 0 aliphatic carbocycles. The van der Waals surface area contributed by atoms with Crippen LogP contribution in [-0.2, 0) is 12.8 Å². The second-order valence-corrected chi connectivity index (χ2v) is 6.30. The maximum atomic E-state index is 12.0. The summed E-state index contributed by atoms with van der Waals surface area (Å²) in [5.41, 5.74) is 5.96. The van der Waals surface area contributed by atoms with Crippen LogP contribution >= 0.6 is 22.7 Å². The zero-order valence-electron chi connectivity index (χ0n) is 10.8. The normalized spacial score (nSPS) is 12.3. The molecule has 0 saturated heterocycles. The zero-order chi connectivity index (χ0) is 13.7. The van der Waals surface area contributed by atoms with Gasteiger partial charge < -0.3 is 11.1 Å². The van der Waals surface area contributed by atoms with Crippen LogP contribution in [0.3, 0.4) is 0 Å². The number of nitrogens with two attached hydrogens (primary N) is 1. The summed E-state index contributed by atoms with van der Waals surface area (Å²) in [6.07, 6.45) is 1.58. The fourth-order valence-electron chi connectivity index (χ4n) is 1.73. The van der Waals surface area contributed by atoms with Gasteiger partial charge in [-0.15, -0.1) is 22.7 Å². The fraction of sp³-hybridized carbons (Fsp3) is 0.385. The van der Waals surface area contributed by atoms with Crippen molar-refractivity contribution in [2.45, 2.75) is 25.8 Å². The van der Waals surface area contributed by atoms with E-state index in [9.17, 15) is 4.79 Å². The van der Waals surface area contributed by atoms with Crippen LogP contribution in [0.15, 0.2) is 22.9 Å². The minimum Gasteiger partial charge on any atom is -0.348 e. The van der Waals surface area contributed by atoms with Gasteiger partial charge in [-0.05, 0) is 24.9 Å². The van der Waals surface area contributed by atoms with Crippen LogP contribution in [-0.4, -0.2) is 23.5 Å². The van der Waals surface area contributed by atoms with Gasteiger partial charge in [-0.25, -0.2) is 4.98 Å². The molecule has 4 nitrogen and oxygen atoms in total. The van der Waals surface area contributed by atoms with Gasteiger partial charge in [0.1, 0.15) is 5.69 Å². The van der Waals surface area contributed by atoms with E-state index in [1.807, 2.05) is 18.4 Å². The van der Waals surface area contributed by atoms with Gasteiger partial charge >= 0.3 is 0 Å². The Morgan fingerprint density at radius 1 is 1.53 bits per heavy atom. The van der Waals surface area contributed by atoms with Gasteiger partial charge in [0.05, 0.1) is 5.01 Å². The van der Waals surface area contributed by atoms with E-state index in [0.717, 1.165) is 17.8 Å². The Hall–Kier alpha value is -1.24. The largest absolute Gasteiger partial charge is 0.348 e. The highest BCUT2D eigenvalue weighted by Gasteiger charge is 2.13. The predicted molar refractivity (Wildman–Crippen MR) is 79.8 cm³/mol. The van der Waals surface area contributed by atoms with Gasteiger partial charge in [0, 0.05) is 29.1 Å². The van der Waals surface area contributed by atoms with Crippen LogP contribution in [0.2, 0.25) is 0 Å². The van der Waals surface area contributed by atoms with E-state index in [0.29, 0.717) is 12.2 Å². The maximum absolute atomic E-state index is 12.0. The summed E-state index contributed by atoms with van der Waals surface area (Å²) in [5.74, 6) is -0.108. The van der Waals surface area contributed by atoms with E-state index in [1.54, 1.807) is 16.7 Å². The number of rotatable bonds is 6. The Morgan fingerprint density at radius 2 is 2.37 bits per heavy atom. The van der Waals surface area contributed by atoms with Gasteiger partial charge in [0.15, 0.2) is 0 Å². The SMILES string of the molecule is CC(Cc1cccs1)NC(=O)c1csc(CCN)n1. The summed E-state index contributed by atoms with van der Waals surface area (Å²) < 4.78 is 0. The number of nitrogens with zero attached hydrogens (tertiary/aromatic N) is 1. The quantitative estimate of drug-likeness (QED) is 0.857. The molecule has 2 rings (SSSR count). The van der Waals surface area contributed by atoms with Crippen molar-refractivity contribution in [2.24, 2.45) is 5.73 Å². The fourth-order valence-corrected chi connectivity index (χ4v) is 3.36. The van der Waals surface area contributed by atoms with Gasteiger partial charge in [-0.1, -0.05) is 6.07 Å². The lowest BCUT2D eigenvalue weighted by atomic mass is 10.2. The van der Waals surface area contributed by atoms with Crippen LogP contribution < -0.4 is 11.1 Å². The Kier molecular flexibility index (Phi) is 5.07. The Labute approximate surface area is 120 Å². The molecule has 0 aliphatic rings. The highest BCUT2D eigenvalue weighted by atomic mass is 32.1. The second-order valence-electron chi connectivity index (χ2n) is 4.32. The standard InChI is InChI=1S/C13H17N3OS2/c1-9(7-10-3-2-6-18-10)15-13(17)11-8-19-12(16-11)4-5-14/h2-3,6,8-9H,4-5,7,14H2,1H3,(H,15,17). The first-order chi connectivity index (χ1) is 9.19. The number of hydrogen-bond donors (Lipinski definition) is 2. The molecule has 0 aliphatic heterocycles. The summed E-state index contributed by atoms with van der Waals surface area (Å²) in [6.45, 7) is 2.56. The first-order valence-corrected chi connectivity index (χ1v) is 7.92. The predicted octanol–water partition coefficient (Wildman–Crippen LogP) is 2.07. The summed E-state index contributed by atoms with van der Waals surface area (Å²) in [4.78, 5) is 17.6. The van der Waals surface area contributed by atoms with Gasteiger partial charge in [-0.3, -0.25) is 4.79 Å². The van der Waals surface area contributed by atoms with Crippen LogP contribution in [0.4, 0.5) is 0 Å². The smallest absolute Gasteiger partial charge is 0.270 e. The van der Waals surface area contributed by atoms with E-state index in [-0.39, 0.29) is 11.9 Å². The number of amides is 1. The third-order valence-corrected chi connectivity index (χ3v) is 4.41. The molecular weight excluding hydrogens is 278 g/mol. The molecule has 0 saturated carbocycles. The van der Waals surface area contributed by atoms with Crippen LogP contribution in [0.1, 0.15) is 27.3 Å². The highest BCUT2D eigenvalue weighted by Crippen LogP contribution is 2.13. The Balaban J connectivity index is 1.88. The van der Waals surface area contributed by atoms with Gasteiger partial charge in [-0.2, -0.15) is 0 Å². The molecule has 0 fully saturated rings. The van der Waals surface area contributed by atoms with E-state index in [1.165, 1.54) is 16.2 Å². The molecule has 19 heavy (non-hydrogen) atoms. The molecule has 3 N–H and O–H groups in total. The molecule has 6 heteroatoms. The molecule has 1 amide bonds. The Bertz CT molecular complexity index is 522. The van der Waals surface area contributed by atoms with E-state index in [2.05, 4.69) is 16.4 Å². The molecule has 102 valence electrons. The maximum Gasteiger partial charge on any atom is 0.270 e. The monoisotopic (exact) mass is 295 g/mol. The van der Waals surface area contributed by atoms with Gasteiger partial charge in [0.25, 0.3) is 5.91 Å². The zero-order valence-corrected chi connectivity index (χ0v) is 12.4. The van der Waals surface area contributed by atoms with Crippen molar-refractivity contribution in [3.63, 3.8) is 0 Å². The van der Waals surface area contributed by atoms with Crippen molar-refractivity contribution in [1.82, 2.24) is 10.3 Å². The third kappa shape index (κ3) is 4.12. The average Bonchev–Trinajstić information content (AvgIpc) is 3.00. The number of thiazole rings is 1. The molecule has 2 heterocycles. The topological polar surface area (TPSA) is 68.0 Å². The minimum atomic E-state index is -0.108. The van der Waals surface area contributed by atoms with Crippen molar-refractivity contribution in [1.29, 1.82) is 0 Å². The van der Waals surface area contributed by atoms with Crippen LogP contribution in [0.5, 0.6) is 0 Å². The van der Waals surface area contributed by atoms with Crippen molar-refractivity contribution < 1.29 is 4.79 Å². The van der Waals surface area contributed by atoms with Crippen LogP contribution in [0.25, 0.3) is 0 Å². The second kappa shape index (κ2) is 6.79. The molecule has 1 unspecified atom stereocenters. The molecular formula is C13H17N3OS2. The van der Waals surface area contributed by atoms with Crippen molar-refractivity contribution in [2.75, 3.05) is 6.54 Å². The van der Waals surface area contributed by atoms with Crippen molar-refractivity contribution in [3.05, 3.63) is 38.5 Å². The van der Waals surface area contributed by atoms with E-state index >= 15 is 0 Å². The van der Waals surface area contributed by atoms with Gasteiger partial charge in [0.2, 0.25) is 0 Å². The van der Waals surface area contributed by atoms with Crippen LogP contribution in [0, 0.1) is 0 Å². The number of nitrogens with one attached hydrogen (secondary N) is 1. The number of carbonyl (C=O) groups is 1. The molecule has 0 aromatic carbocycles. The first kappa shape index (κ1) is 14.2. The lowest BCUT2D eigenvalue weighted by Gasteiger charge is -2.11. The highest BCUT2D eigenvalue weighted by molar-refractivity contribution is 7.10. The number of carbonyl (C=O) groups excluding carboxylic acids is 1. The van der Waals surface area contributed by atoms with Crippen molar-refractivity contribution in [3.8, 4) is 0 Å². The lowest BCUT2D eigenvalue weighted by molar-refractivity contribution is 0.0935. The summed E-state index contributed by atoms with van der Waals surface area (Å²) in [5, 5.41) is 7.72. The Morgan fingerprint density at radius 3 is 3.05 bits per heavy atom. The average molecular weight is 295 g/mol. The number of hydrogen-bond acceptors (Lipinski definition) is 5. The summed E-state index contributed by atoms with van der Waals surface area (Å²) >= 11 is 3.19. The summed E-state index contributed by atoms with van der Waals surface area (Å²) in [6, 6.07) is 4.20. The number of thiophene rings is 1. The van der Waals surface area contributed by atoms with E-state index in [4.69, 9.17) is 5.73 Å². The number of aromatic nitrogens is 1. The molecule has 0 bridgehead atoms. The molecule has 1 atom stereocenters. The molecule has 0 radical (unpaired) electrons. The molecule has 2 aromatic heterocycles.